The smallest absolute Gasteiger partial charge is 0.159 e. The van der Waals surface area contributed by atoms with E-state index in [9.17, 15) is 4.39 Å². The van der Waals surface area contributed by atoms with E-state index in [0.717, 1.165) is 13.1 Å². The van der Waals surface area contributed by atoms with Gasteiger partial charge in [-0.05, 0) is 37.0 Å². The first kappa shape index (κ1) is 13.9. The lowest BCUT2D eigenvalue weighted by Crippen LogP contribution is -2.38. The lowest BCUT2D eigenvalue weighted by atomic mass is 10.1. The molecule has 108 valence electrons. The minimum absolute atomic E-state index is 0.162. The minimum Gasteiger partial charge on any atom is -0.344 e. The molecule has 2 nitrogen and oxygen atoms in total. The first-order valence-corrected chi connectivity index (χ1v) is 8.50. The van der Waals surface area contributed by atoms with E-state index >= 15 is 0 Å². The summed E-state index contributed by atoms with van der Waals surface area (Å²) in [6, 6.07) is 7.51. The third-order valence-electron chi connectivity index (χ3n) is 4.06. The molecule has 4 heteroatoms. The van der Waals surface area contributed by atoms with Crippen molar-refractivity contribution in [1.82, 2.24) is 4.90 Å². The first-order chi connectivity index (χ1) is 9.83. The monoisotopic (exact) mass is 292 g/mol. The molecule has 1 saturated carbocycles. The normalized spacial score (nSPS) is 19.9. The molecule has 1 aromatic rings. The summed E-state index contributed by atoms with van der Waals surface area (Å²) in [5, 5.41) is 1.20. The van der Waals surface area contributed by atoms with Crippen molar-refractivity contribution in [2.75, 3.05) is 12.3 Å². The molecule has 1 fully saturated rings. The van der Waals surface area contributed by atoms with Crippen LogP contribution in [-0.4, -0.2) is 28.4 Å². The van der Waals surface area contributed by atoms with Crippen LogP contribution in [0.2, 0.25) is 0 Å². The van der Waals surface area contributed by atoms with Crippen molar-refractivity contribution in [1.29, 1.82) is 0 Å². The van der Waals surface area contributed by atoms with Gasteiger partial charge in [0.2, 0.25) is 0 Å². The van der Waals surface area contributed by atoms with E-state index < -0.39 is 0 Å². The van der Waals surface area contributed by atoms with E-state index in [1.807, 2.05) is 23.9 Å². The topological polar surface area (TPSA) is 15.6 Å². The number of hydrogen-bond acceptors (Lipinski definition) is 3. The molecule has 0 N–H and O–H groups in total. The summed E-state index contributed by atoms with van der Waals surface area (Å²) in [7, 11) is 0. The SMILES string of the molecule is Fc1ccc(CN(C2=NCCCS2)C2CCCC2)cc1. The van der Waals surface area contributed by atoms with Crippen molar-refractivity contribution >= 4 is 16.9 Å². The molecule has 0 amide bonds. The number of rotatable bonds is 3. The van der Waals surface area contributed by atoms with E-state index in [1.165, 1.54) is 48.6 Å². The van der Waals surface area contributed by atoms with Crippen LogP contribution in [0.3, 0.4) is 0 Å². The van der Waals surface area contributed by atoms with Crippen LogP contribution in [0.1, 0.15) is 37.7 Å². The van der Waals surface area contributed by atoms with Crippen LogP contribution in [0.4, 0.5) is 4.39 Å². The largest absolute Gasteiger partial charge is 0.344 e. The average molecular weight is 292 g/mol. The second-order valence-corrected chi connectivity index (χ2v) is 6.62. The van der Waals surface area contributed by atoms with Crippen molar-refractivity contribution in [2.45, 2.75) is 44.7 Å². The first-order valence-electron chi connectivity index (χ1n) is 7.51. The highest BCUT2D eigenvalue weighted by atomic mass is 32.2. The summed E-state index contributed by atoms with van der Waals surface area (Å²) in [5.74, 6) is 1.01. The number of aliphatic imine (C=N–C) groups is 1. The van der Waals surface area contributed by atoms with Crippen molar-refractivity contribution in [2.24, 2.45) is 4.99 Å². The third kappa shape index (κ3) is 3.35. The zero-order valence-electron chi connectivity index (χ0n) is 11.7. The van der Waals surface area contributed by atoms with Gasteiger partial charge in [-0.3, -0.25) is 4.99 Å². The lowest BCUT2D eigenvalue weighted by molar-refractivity contribution is 0.312. The van der Waals surface area contributed by atoms with Crippen LogP contribution in [0, 0.1) is 5.82 Å². The predicted octanol–water partition coefficient (Wildman–Crippen LogP) is 4.06. The fourth-order valence-electron chi connectivity index (χ4n) is 2.98. The highest BCUT2D eigenvalue weighted by molar-refractivity contribution is 8.13. The van der Waals surface area contributed by atoms with Gasteiger partial charge in [-0.1, -0.05) is 36.7 Å². The Hall–Kier alpha value is -1.03. The van der Waals surface area contributed by atoms with Gasteiger partial charge in [0.15, 0.2) is 5.17 Å². The molecule has 0 unspecified atom stereocenters. The molecule has 1 heterocycles. The zero-order chi connectivity index (χ0) is 13.8. The highest BCUT2D eigenvalue weighted by Gasteiger charge is 2.26. The average Bonchev–Trinajstić information content (AvgIpc) is 3.01. The van der Waals surface area contributed by atoms with Crippen LogP contribution < -0.4 is 0 Å². The molecule has 2 aliphatic rings. The molecule has 0 spiro atoms. The number of halogens is 1. The van der Waals surface area contributed by atoms with Crippen molar-refractivity contribution in [3.8, 4) is 0 Å². The summed E-state index contributed by atoms with van der Waals surface area (Å²) in [4.78, 5) is 7.18. The molecule has 3 rings (SSSR count). The second kappa shape index (κ2) is 6.61. The van der Waals surface area contributed by atoms with Gasteiger partial charge in [0, 0.05) is 24.9 Å². The highest BCUT2D eigenvalue weighted by Crippen LogP contribution is 2.29. The molecule has 0 aromatic heterocycles. The summed E-state index contributed by atoms with van der Waals surface area (Å²) >= 11 is 1.88. The fourth-order valence-corrected chi connectivity index (χ4v) is 4.00. The minimum atomic E-state index is -0.162. The number of benzene rings is 1. The number of amidine groups is 1. The van der Waals surface area contributed by atoms with E-state index in [4.69, 9.17) is 4.99 Å². The zero-order valence-corrected chi connectivity index (χ0v) is 12.5. The Labute approximate surface area is 124 Å². The Bertz CT molecular complexity index is 466. The fraction of sp³-hybridized carbons (Fsp3) is 0.562. The molecule has 0 bridgehead atoms. The van der Waals surface area contributed by atoms with Crippen LogP contribution >= 0.6 is 11.8 Å². The summed E-state index contributed by atoms with van der Waals surface area (Å²) in [5.41, 5.74) is 1.17. The predicted molar refractivity (Wildman–Crippen MR) is 83.6 cm³/mol. The maximum Gasteiger partial charge on any atom is 0.159 e. The van der Waals surface area contributed by atoms with E-state index in [1.54, 1.807) is 12.1 Å². The van der Waals surface area contributed by atoms with Gasteiger partial charge in [-0.2, -0.15) is 0 Å². The molecular weight excluding hydrogens is 271 g/mol. The van der Waals surface area contributed by atoms with Gasteiger partial charge in [0.1, 0.15) is 5.82 Å². The maximum atomic E-state index is 13.0. The Kier molecular flexibility index (Phi) is 4.61. The standard InChI is InChI=1S/C16H21FN2S/c17-14-8-6-13(7-9-14)12-19(15-4-1-2-5-15)16-18-10-3-11-20-16/h6-9,15H,1-5,10-12H2. The van der Waals surface area contributed by atoms with Gasteiger partial charge in [-0.15, -0.1) is 0 Å². The number of hydrogen-bond donors (Lipinski definition) is 0. The molecule has 1 aromatic carbocycles. The molecule has 1 aliphatic carbocycles. The molecule has 0 saturated heterocycles. The Morgan fingerprint density at radius 3 is 2.55 bits per heavy atom. The molecule has 1 aliphatic heterocycles. The maximum absolute atomic E-state index is 13.0. The number of thioether (sulfide) groups is 1. The van der Waals surface area contributed by atoms with Gasteiger partial charge < -0.3 is 4.90 Å². The Morgan fingerprint density at radius 1 is 1.15 bits per heavy atom. The van der Waals surface area contributed by atoms with Gasteiger partial charge >= 0.3 is 0 Å². The van der Waals surface area contributed by atoms with Gasteiger partial charge in [0.05, 0.1) is 0 Å². The van der Waals surface area contributed by atoms with E-state index in [2.05, 4.69) is 4.90 Å². The van der Waals surface area contributed by atoms with Crippen LogP contribution in [0.25, 0.3) is 0 Å². The molecular formula is C16H21FN2S. The summed E-state index contributed by atoms with van der Waals surface area (Å²) in [6.07, 6.45) is 6.36. The molecule has 0 radical (unpaired) electrons. The van der Waals surface area contributed by atoms with Crippen molar-refractivity contribution in [3.63, 3.8) is 0 Å². The van der Waals surface area contributed by atoms with E-state index in [0.29, 0.717) is 6.04 Å². The van der Waals surface area contributed by atoms with Crippen LogP contribution in [0.5, 0.6) is 0 Å². The quantitative estimate of drug-likeness (QED) is 0.835. The van der Waals surface area contributed by atoms with Gasteiger partial charge in [-0.25, -0.2) is 4.39 Å². The Morgan fingerprint density at radius 2 is 1.90 bits per heavy atom. The Balaban J connectivity index is 1.77. The summed E-state index contributed by atoms with van der Waals surface area (Å²) in [6.45, 7) is 1.81. The van der Waals surface area contributed by atoms with Crippen LogP contribution in [0.15, 0.2) is 29.3 Å². The van der Waals surface area contributed by atoms with Gasteiger partial charge in [0.25, 0.3) is 0 Å². The van der Waals surface area contributed by atoms with Crippen LogP contribution in [-0.2, 0) is 6.54 Å². The second-order valence-electron chi connectivity index (χ2n) is 5.56. The van der Waals surface area contributed by atoms with Crippen molar-refractivity contribution in [3.05, 3.63) is 35.6 Å². The molecule has 20 heavy (non-hydrogen) atoms. The number of nitrogens with zero attached hydrogens (tertiary/aromatic N) is 2. The third-order valence-corrected chi connectivity index (χ3v) is 5.17. The molecule has 0 atom stereocenters. The van der Waals surface area contributed by atoms with E-state index in [-0.39, 0.29) is 5.82 Å². The van der Waals surface area contributed by atoms with Crippen molar-refractivity contribution < 1.29 is 4.39 Å². The lowest BCUT2D eigenvalue weighted by Gasteiger charge is -2.33. The summed E-state index contributed by atoms with van der Waals surface area (Å²) < 4.78 is 13.0.